The molecule has 1 spiro atoms. The van der Waals surface area contributed by atoms with Crippen LogP contribution in [-0.4, -0.2) is 52.7 Å². The molecule has 0 radical (unpaired) electrons. The van der Waals surface area contributed by atoms with Gasteiger partial charge in [-0.1, -0.05) is 12.7 Å². The van der Waals surface area contributed by atoms with Crippen molar-refractivity contribution in [2.24, 2.45) is 5.41 Å². The summed E-state index contributed by atoms with van der Waals surface area (Å²) in [4.78, 5) is 25.0. The van der Waals surface area contributed by atoms with Gasteiger partial charge < -0.3 is 14.5 Å². The number of fused-ring (bicyclic) bond motifs is 1. The number of carbonyl (C=O) groups is 1. The van der Waals surface area contributed by atoms with Gasteiger partial charge in [0, 0.05) is 48.6 Å². The van der Waals surface area contributed by atoms with Crippen molar-refractivity contribution in [3.8, 4) is 0 Å². The van der Waals surface area contributed by atoms with Gasteiger partial charge in [0.05, 0.1) is 5.52 Å². The van der Waals surface area contributed by atoms with Crippen molar-refractivity contribution in [2.45, 2.75) is 39.2 Å². The van der Waals surface area contributed by atoms with E-state index in [4.69, 9.17) is 4.74 Å². The SMILES string of the molecule is C=Cc1cc2c(N3CC4(CCN(C(=O)OC(C)(C)C)CC4)C3)ncnc2cc1F. The molecule has 154 valence electrons. The topological polar surface area (TPSA) is 58.6 Å². The second kappa shape index (κ2) is 6.97. The summed E-state index contributed by atoms with van der Waals surface area (Å²) in [7, 11) is 0. The van der Waals surface area contributed by atoms with Gasteiger partial charge >= 0.3 is 6.09 Å². The van der Waals surface area contributed by atoms with E-state index in [-0.39, 0.29) is 17.3 Å². The van der Waals surface area contributed by atoms with E-state index in [1.54, 1.807) is 11.0 Å². The maximum Gasteiger partial charge on any atom is 0.410 e. The third kappa shape index (κ3) is 3.78. The lowest BCUT2D eigenvalue weighted by atomic mass is 9.72. The van der Waals surface area contributed by atoms with Crippen molar-refractivity contribution >= 4 is 28.9 Å². The maximum absolute atomic E-state index is 14.1. The lowest BCUT2D eigenvalue weighted by Crippen LogP contribution is -2.61. The van der Waals surface area contributed by atoms with Gasteiger partial charge in [-0.25, -0.2) is 19.2 Å². The monoisotopic (exact) mass is 398 g/mol. The molecular formula is C22H27FN4O2. The maximum atomic E-state index is 14.1. The normalized spacial score (nSPS) is 18.6. The molecule has 0 atom stereocenters. The molecule has 2 aliphatic heterocycles. The first kappa shape index (κ1) is 19.6. The first-order chi connectivity index (χ1) is 13.7. The number of aromatic nitrogens is 2. The van der Waals surface area contributed by atoms with Crippen LogP contribution in [0.3, 0.4) is 0 Å². The predicted octanol–water partition coefficient (Wildman–Crippen LogP) is 4.25. The van der Waals surface area contributed by atoms with Crippen LogP contribution < -0.4 is 4.90 Å². The Balaban J connectivity index is 1.44. The van der Waals surface area contributed by atoms with E-state index < -0.39 is 5.60 Å². The molecule has 2 fully saturated rings. The molecule has 29 heavy (non-hydrogen) atoms. The van der Waals surface area contributed by atoms with Crippen molar-refractivity contribution < 1.29 is 13.9 Å². The standard InChI is InChI=1S/C22H27FN4O2/c1-5-15-10-16-18(11-17(15)23)24-14-25-19(16)27-12-22(13-27)6-8-26(9-7-22)20(28)29-21(2,3)4/h5,10-11,14H,1,6-9,12-13H2,2-4H3. The molecule has 6 nitrogen and oxygen atoms in total. The molecule has 0 unspecified atom stereocenters. The number of hydrogen-bond donors (Lipinski definition) is 0. The van der Waals surface area contributed by atoms with Gasteiger partial charge in [-0.05, 0) is 39.7 Å². The molecule has 0 bridgehead atoms. The van der Waals surface area contributed by atoms with Crippen LogP contribution in [0.5, 0.6) is 0 Å². The number of amides is 1. The number of piperidine rings is 1. The average molecular weight is 398 g/mol. The third-order valence-electron chi connectivity index (χ3n) is 5.78. The first-order valence-corrected chi connectivity index (χ1v) is 9.99. The van der Waals surface area contributed by atoms with Gasteiger partial charge in [0.25, 0.3) is 0 Å². The minimum atomic E-state index is -0.475. The number of benzene rings is 1. The zero-order valence-electron chi connectivity index (χ0n) is 17.2. The third-order valence-corrected chi connectivity index (χ3v) is 5.78. The average Bonchev–Trinajstić information content (AvgIpc) is 2.63. The molecule has 3 heterocycles. The van der Waals surface area contributed by atoms with Crippen LogP contribution in [0.25, 0.3) is 17.0 Å². The number of nitrogens with zero attached hydrogens (tertiary/aromatic N) is 4. The molecule has 0 saturated carbocycles. The zero-order chi connectivity index (χ0) is 20.8. The summed E-state index contributed by atoms with van der Waals surface area (Å²) in [6, 6.07) is 3.20. The quantitative estimate of drug-likeness (QED) is 0.757. The van der Waals surface area contributed by atoms with Crippen LogP contribution in [-0.2, 0) is 4.74 Å². The number of carbonyl (C=O) groups excluding carboxylic acids is 1. The highest BCUT2D eigenvalue weighted by molar-refractivity contribution is 5.91. The van der Waals surface area contributed by atoms with E-state index in [0.29, 0.717) is 24.2 Å². The number of rotatable bonds is 2. The number of anilines is 1. The minimum absolute atomic E-state index is 0.192. The molecule has 0 aliphatic carbocycles. The number of ether oxygens (including phenoxy) is 1. The molecule has 2 aromatic rings. The molecule has 1 aromatic heterocycles. The van der Waals surface area contributed by atoms with E-state index in [2.05, 4.69) is 21.4 Å². The van der Waals surface area contributed by atoms with Crippen molar-refractivity contribution in [3.63, 3.8) is 0 Å². The molecule has 1 amide bonds. The van der Waals surface area contributed by atoms with Crippen LogP contribution in [0.1, 0.15) is 39.2 Å². The Labute approximate surface area is 170 Å². The lowest BCUT2D eigenvalue weighted by molar-refractivity contribution is 0.00593. The Morgan fingerprint density at radius 1 is 1.24 bits per heavy atom. The molecule has 2 aliphatic rings. The Hall–Kier alpha value is -2.70. The van der Waals surface area contributed by atoms with Gasteiger partial charge in [-0.2, -0.15) is 0 Å². The van der Waals surface area contributed by atoms with Crippen LogP contribution in [0.2, 0.25) is 0 Å². The van der Waals surface area contributed by atoms with Gasteiger partial charge in [0.1, 0.15) is 23.6 Å². The predicted molar refractivity (Wildman–Crippen MR) is 111 cm³/mol. The van der Waals surface area contributed by atoms with Crippen molar-refractivity contribution in [2.75, 3.05) is 31.1 Å². The zero-order valence-corrected chi connectivity index (χ0v) is 17.2. The van der Waals surface area contributed by atoms with Crippen molar-refractivity contribution in [1.29, 1.82) is 0 Å². The summed E-state index contributed by atoms with van der Waals surface area (Å²) in [5.74, 6) is 0.505. The molecule has 4 rings (SSSR count). The smallest absolute Gasteiger partial charge is 0.410 e. The lowest BCUT2D eigenvalue weighted by Gasteiger charge is -2.54. The number of likely N-dealkylation sites (tertiary alicyclic amines) is 1. The van der Waals surface area contributed by atoms with Gasteiger partial charge in [0.15, 0.2) is 0 Å². The Morgan fingerprint density at radius 3 is 2.55 bits per heavy atom. The molecule has 2 saturated heterocycles. The highest BCUT2D eigenvalue weighted by atomic mass is 19.1. The van der Waals surface area contributed by atoms with Gasteiger partial charge in [0.2, 0.25) is 0 Å². The summed E-state index contributed by atoms with van der Waals surface area (Å²) in [6.07, 6.45) is 4.65. The largest absolute Gasteiger partial charge is 0.444 e. The fourth-order valence-corrected chi connectivity index (χ4v) is 4.21. The van der Waals surface area contributed by atoms with E-state index in [0.717, 1.165) is 37.1 Å². The van der Waals surface area contributed by atoms with E-state index in [9.17, 15) is 9.18 Å². The van der Waals surface area contributed by atoms with Gasteiger partial charge in [-0.15, -0.1) is 0 Å². The molecule has 7 heteroatoms. The summed E-state index contributed by atoms with van der Waals surface area (Å²) in [5, 5.41) is 0.838. The highest BCUT2D eigenvalue weighted by Gasteiger charge is 2.46. The molecule has 1 aromatic carbocycles. The Kier molecular flexibility index (Phi) is 4.71. The number of hydrogen-bond acceptors (Lipinski definition) is 5. The van der Waals surface area contributed by atoms with E-state index >= 15 is 0 Å². The van der Waals surface area contributed by atoms with Crippen LogP contribution in [0, 0.1) is 11.2 Å². The number of halogens is 1. The second-order valence-corrected chi connectivity index (χ2v) is 9.12. The second-order valence-electron chi connectivity index (χ2n) is 9.12. The summed E-state index contributed by atoms with van der Waals surface area (Å²) < 4.78 is 19.5. The fraction of sp³-hybridized carbons (Fsp3) is 0.500. The van der Waals surface area contributed by atoms with Crippen molar-refractivity contribution in [1.82, 2.24) is 14.9 Å². The van der Waals surface area contributed by atoms with Crippen LogP contribution in [0.4, 0.5) is 15.0 Å². The molecular weight excluding hydrogens is 371 g/mol. The van der Waals surface area contributed by atoms with Crippen molar-refractivity contribution in [3.05, 3.63) is 36.4 Å². The minimum Gasteiger partial charge on any atom is -0.444 e. The van der Waals surface area contributed by atoms with Crippen LogP contribution in [0.15, 0.2) is 25.0 Å². The van der Waals surface area contributed by atoms with E-state index in [1.165, 1.54) is 18.5 Å². The first-order valence-electron chi connectivity index (χ1n) is 9.99. The summed E-state index contributed by atoms with van der Waals surface area (Å²) >= 11 is 0. The molecule has 0 N–H and O–H groups in total. The van der Waals surface area contributed by atoms with Crippen LogP contribution >= 0.6 is 0 Å². The Morgan fingerprint density at radius 2 is 1.93 bits per heavy atom. The highest BCUT2D eigenvalue weighted by Crippen LogP contribution is 2.43. The van der Waals surface area contributed by atoms with E-state index in [1.807, 2.05) is 20.8 Å². The summed E-state index contributed by atoms with van der Waals surface area (Å²) in [5.41, 5.74) is 0.766. The Bertz CT molecular complexity index is 953. The summed E-state index contributed by atoms with van der Waals surface area (Å²) in [6.45, 7) is 12.5. The fourth-order valence-electron chi connectivity index (χ4n) is 4.21. The van der Waals surface area contributed by atoms with Gasteiger partial charge in [-0.3, -0.25) is 0 Å².